The maximum absolute atomic E-state index is 8.65. The van der Waals surface area contributed by atoms with Crippen molar-refractivity contribution in [2.24, 2.45) is 0 Å². The first kappa shape index (κ1) is 6.58. The van der Waals surface area contributed by atoms with Crippen LogP contribution in [0.4, 0.5) is 0 Å². The quantitative estimate of drug-likeness (QED) is 0.495. The van der Waals surface area contributed by atoms with Crippen molar-refractivity contribution in [2.75, 3.05) is 0 Å². The molecule has 0 heterocycles. The van der Waals surface area contributed by atoms with Gasteiger partial charge in [0.1, 0.15) is 0 Å². The van der Waals surface area contributed by atoms with E-state index in [1.54, 1.807) is 6.08 Å². The van der Waals surface area contributed by atoms with Crippen LogP contribution in [0.5, 0.6) is 0 Å². The second-order valence-corrected chi connectivity index (χ2v) is 2.13. The summed E-state index contributed by atoms with van der Waals surface area (Å²) in [6.07, 6.45) is 8.18. The average Bonchev–Trinajstić information content (AvgIpc) is 1.90. The van der Waals surface area contributed by atoms with Crippen LogP contribution in [0.25, 0.3) is 0 Å². The Labute approximate surface area is 54.7 Å². The zero-order valence-corrected chi connectivity index (χ0v) is 5.07. The molecule has 1 unspecified atom stereocenters. The summed E-state index contributed by atoms with van der Waals surface area (Å²) in [7, 11) is -1.20. The first-order valence-corrected chi connectivity index (χ1v) is 3.00. The zero-order chi connectivity index (χ0) is 6.69. The molecule has 0 aromatic heterocycles. The van der Waals surface area contributed by atoms with Crippen molar-refractivity contribution in [2.45, 2.75) is 12.2 Å². The van der Waals surface area contributed by atoms with Gasteiger partial charge in [-0.15, -0.1) is 0 Å². The molecule has 0 aromatic carbocycles. The summed E-state index contributed by atoms with van der Waals surface area (Å²) in [5.41, 5.74) is 0. The zero-order valence-electron chi connectivity index (χ0n) is 5.07. The van der Waals surface area contributed by atoms with Gasteiger partial charge in [-0.25, -0.2) is 0 Å². The van der Waals surface area contributed by atoms with E-state index >= 15 is 0 Å². The molecule has 0 saturated heterocycles. The second kappa shape index (κ2) is 2.85. The molecular formula is C6H9BO2. The third-order valence-electron chi connectivity index (χ3n) is 1.40. The minimum absolute atomic E-state index is 0.102. The molecule has 0 amide bonds. The van der Waals surface area contributed by atoms with Gasteiger partial charge >= 0.3 is 7.12 Å². The van der Waals surface area contributed by atoms with Gasteiger partial charge in [0.05, 0.1) is 0 Å². The van der Waals surface area contributed by atoms with Crippen LogP contribution in [-0.2, 0) is 0 Å². The number of rotatable bonds is 1. The Balaban J connectivity index is 2.46. The van der Waals surface area contributed by atoms with E-state index in [9.17, 15) is 0 Å². The predicted molar refractivity (Wildman–Crippen MR) is 36.8 cm³/mol. The maximum Gasteiger partial charge on any atom is 0.459 e. The average molecular weight is 124 g/mol. The van der Waals surface area contributed by atoms with Crippen molar-refractivity contribution in [1.82, 2.24) is 0 Å². The van der Waals surface area contributed by atoms with E-state index in [1.807, 2.05) is 18.2 Å². The van der Waals surface area contributed by atoms with Crippen LogP contribution in [0.3, 0.4) is 0 Å². The Morgan fingerprint density at radius 3 is 2.44 bits per heavy atom. The van der Waals surface area contributed by atoms with Crippen LogP contribution in [0.1, 0.15) is 6.42 Å². The molecule has 1 aliphatic rings. The van der Waals surface area contributed by atoms with E-state index in [4.69, 9.17) is 10.0 Å². The molecule has 0 aliphatic heterocycles. The highest BCUT2D eigenvalue weighted by Crippen LogP contribution is 2.18. The van der Waals surface area contributed by atoms with Gasteiger partial charge < -0.3 is 10.0 Å². The summed E-state index contributed by atoms with van der Waals surface area (Å²) >= 11 is 0. The molecule has 0 bridgehead atoms. The van der Waals surface area contributed by atoms with Crippen LogP contribution >= 0.6 is 0 Å². The van der Waals surface area contributed by atoms with Crippen molar-refractivity contribution in [3.05, 3.63) is 24.3 Å². The van der Waals surface area contributed by atoms with E-state index in [1.165, 1.54) is 0 Å². The minimum atomic E-state index is -1.20. The molecule has 0 radical (unpaired) electrons. The van der Waals surface area contributed by atoms with E-state index in [2.05, 4.69) is 0 Å². The molecule has 1 rings (SSSR count). The third kappa shape index (κ3) is 1.70. The van der Waals surface area contributed by atoms with Crippen LogP contribution in [-0.4, -0.2) is 17.2 Å². The largest absolute Gasteiger partial charge is 0.459 e. The highest BCUT2D eigenvalue weighted by atomic mass is 16.4. The molecule has 1 aliphatic carbocycles. The minimum Gasteiger partial charge on any atom is -0.427 e. The Kier molecular flexibility index (Phi) is 2.08. The van der Waals surface area contributed by atoms with Gasteiger partial charge in [-0.2, -0.15) is 0 Å². The third-order valence-corrected chi connectivity index (χ3v) is 1.40. The first-order chi connectivity index (χ1) is 4.30. The molecule has 0 spiro atoms. The smallest absolute Gasteiger partial charge is 0.427 e. The lowest BCUT2D eigenvalue weighted by molar-refractivity contribution is 0.394. The molecule has 48 valence electrons. The molecule has 1 atom stereocenters. The van der Waals surface area contributed by atoms with Crippen LogP contribution in [0.15, 0.2) is 24.3 Å². The van der Waals surface area contributed by atoms with E-state index in [0.29, 0.717) is 0 Å². The van der Waals surface area contributed by atoms with E-state index < -0.39 is 7.12 Å². The van der Waals surface area contributed by atoms with Gasteiger partial charge in [-0.1, -0.05) is 24.3 Å². The van der Waals surface area contributed by atoms with Gasteiger partial charge in [-0.3, -0.25) is 0 Å². The number of allylic oxidation sites excluding steroid dienone is 4. The Bertz CT molecular complexity index is 140. The molecule has 2 nitrogen and oxygen atoms in total. The molecule has 9 heavy (non-hydrogen) atoms. The SMILES string of the molecule is OB(O)C1C=CC=CC1. The maximum atomic E-state index is 8.65. The van der Waals surface area contributed by atoms with Crippen LogP contribution in [0.2, 0.25) is 5.82 Å². The van der Waals surface area contributed by atoms with Crippen LogP contribution in [0, 0.1) is 0 Å². The fraction of sp³-hybridized carbons (Fsp3) is 0.333. The van der Waals surface area contributed by atoms with E-state index in [-0.39, 0.29) is 5.82 Å². The first-order valence-electron chi connectivity index (χ1n) is 3.00. The van der Waals surface area contributed by atoms with Crippen molar-refractivity contribution in [1.29, 1.82) is 0 Å². The number of hydrogen-bond acceptors (Lipinski definition) is 2. The predicted octanol–water partition coefficient (Wildman–Crippen LogP) is 0.346. The van der Waals surface area contributed by atoms with E-state index in [0.717, 1.165) is 6.42 Å². The standard InChI is InChI=1S/C6H9BO2/c8-7(9)6-4-2-1-3-5-6/h1-4,6,8-9H,5H2. The number of hydrogen-bond donors (Lipinski definition) is 2. The lowest BCUT2D eigenvalue weighted by atomic mass is 9.70. The van der Waals surface area contributed by atoms with Gasteiger partial charge in [0.25, 0.3) is 0 Å². The Morgan fingerprint density at radius 2 is 2.11 bits per heavy atom. The Morgan fingerprint density at radius 1 is 1.33 bits per heavy atom. The fourth-order valence-corrected chi connectivity index (χ4v) is 0.821. The molecule has 0 fully saturated rings. The topological polar surface area (TPSA) is 40.5 Å². The van der Waals surface area contributed by atoms with Crippen molar-refractivity contribution >= 4 is 7.12 Å². The summed E-state index contributed by atoms with van der Waals surface area (Å²) in [4.78, 5) is 0. The summed E-state index contributed by atoms with van der Waals surface area (Å²) in [5.74, 6) is -0.102. The summed E-state index contributed by atoms with van der Waals surface area (Å²) in [5, 5.41) is 17.3. The molecule has 0 saturated carbocycles. The molecule has 3 heteroatoms. The molecule has 0 aromatic rings. The second-order valence-electron chi connectivity index (χ2n) is 2.13. The summed E-state index contributed by atoms with van der Waals surface area (Å²) in [6.45, 7) is 0. The van der Waals surface area contributed by atoms with Crippen molar-refractivity contribution in [3.63, 3.8) is 0 Å². The van der Waals surface area contributed by atoms with Gasteiger partial charge in [0.2, 0.25) is 0 Å². The molecular weight excluding hydrogens is 115 g/mol. The van der Waals surface area contributed by atoms with Crippen molar-refractivity contribution in [3.8, 4) is 0 Å². The normalized spacial score (nSPS) is 24.4. The van der Waals surface area contributed by atoms with Crippen LogP contribution < -0.4 is 0 Å². The summed E-state index contributed by atoms with van der Waals surface area (Å²) < 4.78 is 0. The lowest BCUT2D eigenvalue weighted by Crippen LogP contribution is -2.18. The Hall–Kier alpha value is -0.535. The van der Waals surface area contributed by atoms with Gasteiger partial charge in [-0.05, 0) is 6.42 Å². The van der Waals surface area contributed by atoms with Gasteiger partial charge in [0.15, 0.2) is 0 Å². The highest BCUT2D eigenvalue weighted by molar-refractivity contribution is 6.44. The van der Waals surface area contributed by atoms with Crippen molar-refractivity contribution < 1.29 is 10.0 Å². The van der Waals surface area contributed by atoms with Gasteiger partial charge in [0, 0.05) is 5.82 Å². The fourth-order valence-electron chi connectivity index (χ4n) is 0.821. The molecule has 2 N–H and O–H groups in total. The summed E-state index contributed by atoms with van der Waals surface area (Å²) in [6, 6.07) is 0. The highest BCUT2D eigenvalue weighted by Gasteiger charge is 2.19. The lowest BCUT2D eigenvalue weighted by Gasteiger charge is -2.09. The monoisotopic (exact) mass is 124 g/mol.